The summed E-state index contributed by atoms with van der Waals surface area (Å²) in [4.78, 5) is 13.4. The van der Waals surface area contributed by atoms with E-state index in [1.54, 1.807) is 11.9 Å². The molecule has 0 aromatic carbocycles. The van der Waals surface area contributed by atoms with Crippen LogP contribution in [-0.4, -0.2) is 37.1 Å². The number of rotatable bonds is 6. The quantitative estimate of drug-likeness (QED) is 0.742. The molecule has 1 rings (SSSR count). The fourth-order valence-electron chi connectivity index (χ4n) is 2.86. The van der Waals surface area contributed by atoms with E-state index in [1.165, 1.54) is 6.42 Å². The Labute approximate surface area is 116 Å². The van der Waals surface area contributed by atoms with E-state index in [4.69, 9.17) is 10.00 Å². The normalized spacial score (nSPS) is 26.7. The number of hydrogen-bond acceptors (Lipinski definition) is 3. The molecule has 4 heteroatoms. The molecule has 0 spiro atoms. The van der Waals surface area contributed by atoms with Crippen molar-refractivity contribution < 1.29 is 9.53 Å². The number of ether oxygens (including phenoxy) is 1. The highest BCUT2D eigenvalue weighted by molar-refractivity contribution is 5.75. The largest absolute Gasteiger partial charge is 0.378 e. The van der Waals surface area contributed by atoms with Crippen LogP contribution in [0.3, 0.4) is 0 Å². The van der Waals surface area contributed by atoms with E-state index in [-0.39, 0.29) is 5.91 Å². The fraction of sp³-hybridized carbons (Fsp3) is 0.867. The summed E-state index contributed by atoms with van der Waals surface area (Å²) in [5, 5.41) is 8.48. The van der Waals surface area contributed by atoms with Crippen molar-refractivity contribution in [2.24, 2.45) is 11.8 Å². The Morgan fingerprint density at radius 2 is 1.95 bits per heavy atom. The van der Waals surface area contributed by atoms with Crippen molar-refractivity contribution in [1.82, 2.24) is 4.90 Å². The lowest BCUT2D eigenvalue weighted by Crippen LogP contribution is -2.30. The summed E-state index contributed by atoms with van der Waals surface area (Å²) < 4.78 is 5.84. The Morgan fingerprint density at radius 1 is 1.32 bits per heavy atom. The third-order valence-corrected chi connectivity index (χ3v) is 3.79. The molecule has 0 N–H and O–H groups in total. The molecule has 0 bridgehead atoms. The molecule has 1 aliphatic rings. The number of carbonyl (C=O) groups is 1. The van der Waals surface area contributed by atoms with Gasteiger partial charge in [-0.25, -0.2) is 0 Å². The molecule has 2 atom stereocenters. The summed E-state index contributed by atoms with van der Waals surface area (Å²) in [6, 6.07) is 2.05. The first kappa shape index (κ1) is 16.0. The van der Waals surface area contributed by atoms with Crippen molar-refractivity contribution in [3.05, 3.63) is 0 Å². The molecule has 0 radical (unpaired) electrons. The second kappa shape index (κ2) is 8.16. The van der Waals surface area contributed by atoms with Gasteiger partial charge in [0, 0.05) is 13.6 Å². The van der Waals surface area contributed by atoms with Crippen LogP contribution in [0, 0.1) is 23.2 Å². The zero-order valence-corrected chi connectivity index (χ0v) is 12.4. The molecule has 4 nitrogen and oxygen atoms in total. The van der Waals surface area contributed by atoms with Crippen molar-refractivity contribution in [3.8, 4) is 6.07 Å². The first-order valence-electron chi connectivity index (χ1n) is 7.25. The highest BCUT2D eigenvalue weighted by Crippen LogP contribution is 2.30. The van der Waals surface area contributed by atoms with Crippen molar-refractivity contribution >= 4 is 5.91 Å². The summed E-state index contributed by atoms with van der Waals surface area (Å²) >= 11 is 0. The standard InChI is InChI=1S/C15H26N2O2/c1-12-9-13(2)11-14(10-12)19-8-5-15(18)17(3)7-4-6-16/h12-14H,4-5,7-11H2,1-3H3. The number of carbonyl (C=O) groups excluding carboxylic acids is 1. The predicted octanol–water partition coefficient (Wildman–Crippen LogP) is 2.59. The van der Waals surface area contributed by atoms with Crippen LogP contribution in [0.2, 0.25) is 0 Å². The minimum absolute atomic E-state index is 0.0622. The summed E-state index contributed by atoms with van der Waals surface area (Å²) in [5.41, 5.74) is 0. The first-order chi connectivity index (χ1) is 9.02. The van der Waals surface area contributed by atoms with Gasteiger partial charge in [-0.1, -0.05) is 13.8 Å². The molecule has 0 aromatic rings. The molecule has 1 aliphatic carbocycles. The van der Waals surface area contributed by atoms with Gasteiger partial charge in [0.25, 0.3) is 0 Å². The average Bonchev–Trinajstić information content (AvgIpc) is 2.34. The van der Waals surface area contributed by atoms with E-state index in [2.05, 4.69) is 13.8 Å². The van der Waals surface area contributed by atoms with Gasteiger partial charge in [-0.2, -0.15) is 5.26 Å². The van der Waals surface area contributed by atoms with Crippen LogP contribution >= 0.6 is 0 Å². The van der Waals surface area contributed by atoms with Crippen LogP contribution in [-0.2, 0) is 9.53 Å². The average molecular weight is 266 g/mol. The molecular formula is C15H26N2O2. The molecule has 108 valence electrons. The SMILES string of the molecule is CC1CC(C)CC(OCCC(=O)N(C)CCC#N)C1. The Morgan fingerprint density at radius 3 is 2.53 bits per heavy atom. The number of nitrogens with zero attached hydrogens (tertiary/aromatic N) is 2. The Kier molecular flexibility index (Phi) is 6.86. The van der Waals surface area contributed by atoms with Crippen molar-refractivity contribution in [1.29, 1.82) is 5.26 Å². The Balaban J connectivity index is 2.19. The predicted molar refractivity (Wildman–Crippen MR) is 74.4 cm³/mol. The molecule has 0 saturated heterocycles. The monoisotopic (exact) mass is 266 g/mol. The summed E-state index contributed by atoms with van der Waals surface area (Å²) in [5.74, 6) is 1.51. The second-order valence-corrected chi connectivity index (χ2v) is 5.88. The van der Waals surface area contributed by atoms with Gasteiger partial charge in [0.1, 0.15) is 0 Å². The maximum absolute atomic E-state index is 11.8. The van der Waals surface area contributed by atoms with Gasteiger partial charge in [-0.3, -0.25) is 4.79 Å². The Hall–Kier alpha value is -1.08. The molecule has 0 heterocycles. The zero-order chi connectivity index (χ0) is 14.3. The number of nitriles is 1. The van der Waals surface area contributed by atoms with E-state index in [9.17, 15) is 4.79 Å². The van der Waals surface area contributed by atoms with Gasteiger partial charge >= 0.3 is 0 Å². The summed E-state index contributed by atoms with van der Waals surface area (Å²) in [6.45, 7) is 5.55. The van der Waals surface area contributed by atoms with Gasteiger partial charge in [0.2, 0.25) is 5.91 Å². The van der Waals surface area contributed by atoms with Gasteiger partial charge in [0.05, 0.1) is 31.6 Å². The smallest absolute Gasteiger partial charge is 0.224 e. The van der Waals surface area contributed by atoms with E-state index in [0.29, 0.717) is 32.1 Å². The van der Waals surface area contributed by atoms with Crippen LogP contribution < -0.4 is 0 Å². The molecule has 1 amide bonds. The number of hydrogen-bond donors (Lipinski definition) is 0. The van der Waals surface area contributed by atoms with Gasteiger partial charge in [-0.15, -0.1) is 0 Å². The van der Waals surface area contributed by atoms with Crippen molar-refractivity contribution in [2.75, 3.05) is 20.2 Å². The molecule has 2 unspecified atom stereocenters. The third-order valence-electron chi connectivity index (χ3n) is 3.79. The maximum atomic E-state index is 11.8. The fourth-order valence-corrected chi connectivity index (χ4v) is 2.86. The van der Waals surface area contributed by atoms with Crippen LogP contribution in [0.1, 0.15) is 46.0 Å². The van der Waals surface area contributed by atoms with E-state index >= 15 is 0 Å². The number of amides is 1. The highest BCUT2D eigenvalue weighted by atomic mass is 16.5. The molecule has 1 fully saturated rings. The van der Waals surface area contributed by atoms with Crippen LogP contribution in [0.4, 0.5) is 0 Å². The van der Waals surface area contributed by atoms with Gasteiger partial charge in [0.15, 0.2) is 0 Å². The van der Waals surface area contributed by atoms with Crippen LogP contribution in [0.5, 0.6) is 0 Å². The molecule has 1 saturated carbocycles. The summed E-state index contributed by atoms with van der Waals surface area (Å²) in [7, 11) is 1.74. The first-order valence-corrected chi connectivity index (χ1v) is 7.25. The lowest BCUT2D eigenvalue weighted by atomic mass is 9.82. The minimum atomic E-state index is 0.0622. The van der Waals surface area contributed by atoms with E-state index in [0.717, 1.165) is 24.7 Å². The van der Waals surface area contributed by atoms with Crippen molar-refractivity contribution in [2.45, 2.75) is 52.1 Å². The van der Waals surface area contributed by atoms with E-state index in [1.807, 2.05) is 6.07 Å². The lowest BCUT2D eigenvalue weighted by molar-refractivity contribution is -0.131. The van der Waals surface area contributed by atoms with E-state index < -0.39 is 0 Å². The highest BCUT2D eigenvalue weighted by Gasteiger charge is 2.24. The minimum Gasteiger partial charge on any atom is -0.378 e. The lowest BCUT2D eigenvalue weighted by Gasteiger charge is -2.31. The molecule has 0 aliphatic heterocycles. The molecule has 0 aromatic heterocycles. The van der Waals surface area contributed by atoms with Crippen LogP contribution in [0.15, 0.2) is 0 Å². The third kappa shape index (κ3) is 6.07. The second-order valence-electron chi connectivity index (χ2n) is 5.88. The molecule has 19 heavy (non-hydrogen) atoms. The Bertz CT molecular complexity index is 315. The van der Waals surface area contributed by atoms with Crippen molar-refractivity contribution in [3.63, 3.8) is 0 Å². The topological polar surface area (TPSA) is 53.3 Å². The van der Waals surface area contributed by atoms with Gasteiger partial charge in [-0.05, 0) is 31.1 Å². The van der Waals surface area contributed by atoms with Gasteiger partial charge < -0.3 is 9.64 Å². The zero-order valence-electron chi connectivity index (χ0n) is 12.4. The molecular weight excluding hydrogens is 240 g/mol. The maximum Gasteiger partial charge on any atom is 0.224 e. The summed E-state index contributed by atoms with van der Waals surface area (Å²) in [6.07, 6.45) is 4.64. The van der Waals surface area contributed by atoms with Crippen LogP contribution in [0.25, 0.3) is 0 Å².